The summed E-state index contributed by atoms with van der Waals surface area (Å²) in [5.41, 5.74) is 5.61. The van der Waals surface area contributed by atoms with Crippen LogP contribution in [0.2, 0.25) is 0 Å². The molecule has 1 heterocycles. The first-order chi connectivity index (χ1) is 10.3. The van der Waals surface area contributed by atoms with Gasteiger partial charge >= 0.3 is 0 Å². The maximum absolute atomic E-state index is 12.7. The Balaban J connectivity index is 0.00000264. The number of non-ortho nitro benzene ring substituents is 1. The first-order valence-corrected chi connectivity index (χ1v) is 8.29. The van der Waals surface area contributed by atoms with Gasteiger partial charge in [0, 0.05) is 25.2 Å². The van der Waals surface area contributed by atoms with Crippen LogP contribution in [0.1, 0.15) is 13.3 Å². The molecule has 1 fully saturated rings. The van der Waals surface area contributed by atoms with Crippen LogP contribution >= 0.6 is 12.4 Å². The first-order valence-electron chi connectivity index (χ1n) is 6.85. The molecule has 0 spiro atoms. The zero-order valence-corrected chi connectivity index (χ0v) is 14.5. The third-order valence-electron chi connectivity index (χ3n) is 3.91. The molecule has 1 saturated heterocycles. The van der Waals surface area contributed by atoms with Gasteiger partial charge in [0.05, 0.1) is 18.1 Å². The number of nitro groups is 1. The molecule has 2 rings (SSSR count). The Morgan fingerprint density at radius 1 is 1.48 bits per heavy atom. The quantitative estimate of drug-likeness (QED) is 0.622. The normalized spacial score (nSPS) is 19.9. The number of hydrogen-bond donors (Lipinski definition) is 1. The second-order valence-electron chi connectivity index (χ2n) is 5.36. The lowest BCUT2D eigenvalue weighted by Gasteiger charge is -2.19. The fourth-order valence-corrected chi connectivity index (χ4v) is 4.17. The molecule has 0 radical (unpaired) electrons. The van der Waals surface area contributed by atoms with Gasteiger partial charge < -0.3 is 10.5 Å². The second kappa shape index (κ2) is 7.43. The molecule has 0 bridgehead atoms. The lowest BCUT2D eigenvalue weighted by molar-refractivity contribution is -0.385. The minimum Gasteiger partial charge on any atom is -0.495 e. The molecule has 1 aromatic rings. The summed E-state index contributed by atoms with van der Waals surface area (Å²) >= 11 is 0. The maximum atomic E-state index is 12.7. The van der Waals surface area contributed by atoms with Crippen LogP contribution in [-0.4, -0.2) is 43.9 Å². The van der Waals surface area contributed by atoms with Crippen LogP contribution in [0, 0.1) is 16.0 Å². The van der Waals surface area contributed by atoms with E-state index >= 15 is 0 Å². The topological polar surface area (TPSA) is 116 Å². The van der Waals surface area contributed by atoms with E-state index in [1.54, 1.807) is 0 Å². The van der Waals surface area contributed by atoms with Gasteiger partial charge in [-0.2, -0.15) is 4.31 Å². The number of rotatable bonds is 5. The third-order valence-corrected chi connectivity index (χ3v) is 5.81. The molecule has 2 atom stereocenters. The highest BCUT2D eigenvalue weighted by Gasteiger charge is 2.35. The summed E-state index contributed by atoms with van der Waals surface area (Å²) in [6.07, 6.45) is 0.701. The van der Waals surface area contributed by atoms with Gasteiger partial charge in [-0.05, 0) is 25.3 Å². The predicted octanol–water partition coefficient (Wildman–Crippen LogP) is 1.38. The molecule has 2 unspecified atom stereocenters. The molecule has 1 aliphatic rings. The van der Waals surface area contributed by atoms with E-state index in [1.165, 1.54) is 17.5 Å². The number of methoxy groups -OCH3 is 1. The molecule has 10 heteroatoms. The van der Waals surface area contributed by atoms with Crippen molar-refractivity contribution in [3.05, 3.63) is 28.3 Å². The lowest BCUT2D eigenvalue weighted by Crippen LogP contribution is -2.33. The van der Waals surface area contributed by atoms with Crippen LogP contribution in [0.4, 0.5) is 5.69 Å². The van der Waals surface area contributed by atoms with Crippen molar-refractivity contribution in [3.63, 3.8) is 0 Å². The van der Waals surface area contributed by atoms with Gasteiger partial charge in [-0.3, -0.25) is 10.1 Å². The van der Waals surface area contributed by atoms with Crippen molar-refractivity contribution < 1.29 is 18.1 Å². The smallest absolute Gasteiger partial charge is 0.273 e. The van der Waals surface area contributed by atoms with Crippen molar-refractivity contribution in [3.8, 4) is 5.75 Å². The maximum Gasteiger partial charge on any atom is 0.273 e. The second-order valence-corrected chi connectivity index (χ2v) is 7.27. The monoisotopic (exact) mass is 365 g/mol. The van der Waals surface area contributed by atoms with Crippen LogP contribution in [-0.2, 0) is 10.0 Å². The highest BCUT2D eigenvalue weighted by molar-refractivity contribution is 7.89. The number of benzene rings is 1. The SMILES string of the molecule is COc1cc([N+](=O)[O-])ccc1S(=O)(=O)N1CCC(C(C)N)C1.Cl. The molecule has 0 saturated carbocycles. The molecule has 0 amide bonds. The summed E-state index contributed by atoms with van der Waals surface area (Å²) in [4.78, 5) is 10.1. The van der Waals surface area contributed by atoms with Crippen LogP contribution in [0.5, 0.6) is 5.75 Å². The molecule has 8 nitrogen and oxygen atoms in total. The van der Waals surface area contributed by atoms with Gasteiger partial charge in [-0.15, -0.1) is 12.4 Å². The summed E-state index contributed by atoms with van der Waals surface area (Å²) in [6.45, 7) is 2.59. The van der Waals surface area contributed by atoms with E-state index in [4.69, 9.17) is 10.5 Å². The lowest BCUT2D eigenvalue weighted by atomic mass is 10.0. The van der Waals surface area contributed by atoms with Gasteiger partial charge in [0.2, 0.25) is 10.0 Å². The molecule has 1 aliphatic heterocycles. The van der Waals surface area contributed by atoms with Gasteiger partial charge in [-0.25, -0.2) is 8.42 Å². The molecule has 1 aromatic carbocycles. The van der Waals surface area contributed by atoms with E-state index in [-0.39, 0.29) is 40.7 Å². The number of nitrogens with two attached hydrogens (primary N) is 1. The average molecular weight is 366 g/mol. The van der Waals surface area contributed by atoms with Crippen molar-refractivity contribution in [1.82, 2.24) is 4.31 Å². The molecule has 0 aliphatic carbocycles. The Morgan fingerprint density at radius 2 is 2.13 bits per heavy atom. The highest BCUT2D eigenvalue weighted by atomic mass is 35.5. The molecule has 2 N–H and O–H groups in total. The Bertz CT molecular complexity index is 680. The van der Waals surface area contributed by atoms with Gasteiger partial charge in [0.15, 0.2) is 0 Å². The highest BCUT2D eigenvalue weighted by Crippen LogP contribution is 2.33. The number of halogens is 1. The number of sulfonamides is 1. The van der Waals surface area contributed by atoms with E-state index in [0.29, 0.717) is 19.5 Å². The van der Waals surface area contributed by atoms with Crippen molar-refractivity contribution in [1.29, 1.82) is 0 Å². The molecule has 0 aromatic heterocycles. The van der Waals surface area contributed by atoms with Gasteiger partial charge in [0.1, 0.15) is 10.6 Å². The molecular weight excluding hydrogens is 346 g/mol. The number of hydrogen-bond acceptors (Lipinski definition) is 6. The largest absolute Gasteiger partial charge is 0.495 e. The summed E-state index contributed by atoms with van der Waals surface area (Å²) in [7, 11) is -2.48. The fourth-order valence-electron chi connectivity index (χ4n) is 2.52. The van der Waals surface area contributed by atoms with Crippen molar-refractivity contribution >= 4 is 28.1 Å². The Hall–Kier alpha value is -1.42. The van der Waals surface area contributed by atoms with E-state index in [9.17, 15) is 18.5 Å². The number of ether oxygens (including phenoxy) is 1. The standard InChI is InChI=1S/C13H19N3O5S.ClH/c1-9(14)10-5-6-15(8-10)22(19,20)13-4-3-11(16(17)18)7-12(13)21-2;/h3-4,7,9-10H,5-6,8,14H2,1-2H3;1H. The Labute approximate surface area is 141 Å². The minimum absolute atomic E-state index is 0. The van der Waals surface area contributed by atoms with Crippen molar-refractivity contribution in [2.24, 2.45) is 11.7 Å². The van der Waals surface area contributed by atoms with Crippen LogP contribution in [0.15, 0.2) is 23.1 Å². The van der Waals surface area contributed by atoms with E-state index in [1.807, 2.05) is 6.92 Å². The van der Waals surface area contributed by atoms with Crippen molar-refractivity contribution in [2.75, 3.05) is 20.2 Å². The van der Waals surface area contributed by atoms with E-state index in [0.717, 1.165) is 12.1 Å². The van der Waals surface area contributed by atoms with Gasteiger partial charge in [-0.1, -0.05) is 0 Å². The molecular formula is C13H20ClN3O5S. The van der Waals surface area contributed by atoms with E-state index in [2.05, 4.69) is 0 Å². The Morgan fingerprint density at radius 3 is 2.61 bits per heavy atom. The minimum atomic E-state index is -3.76. The number of nitrogens with zero attached hydrogens (tertiary/aromatic N) is 2. The van der Waals surface area contributed by atoms with Crippen LogP contribution in [0.25, 0.3) is 0 Å². The Kier molecular flexibility index (Phi) is 6.34. The number of nitro benzene ring substituents is 1. The fraction of sp³-hybridized carbons (Fsp3) is 0.538. The van der Waals surface area contributed by atoms with Crippen LogP contribution < -0.4 is 10.5 Å². The summed E-state index contributed by atoms with van der Waals surface area (Å²) in [5.74, 6) is 0.0808. The predicted molar refractivity (Wildman–Crippen MR) is 87.4 cm³/mol. The van der Waals surface area contributed by atoms with Crippen LogP contribution in [0.3, 0.4) is 0 Å². The third kappa shape index (κ3) is 3.92. The summed E-state index contributed by atoms with van der Waals surface area (Å²) in [5, 5.41) is 10.8. The van der Waals surface area contributed by atoms with E-state index < -0.39 is 14.9 Å². The molecule has 130 valence electrons. The zero-order chi connectivity index (χ0) is 16.5. The molecule has 23 heavy (non-hydrogen) atoms. The van der Waals surface area contributed by atoms with Crippen molar-refractivity contribution in [2.45, 2.75) is 24.3 Å². The summed E-state index contributed by atoms with van der Waals surface area (Å²) < 4.78 is 31.8. The van der Waals surface area contributed by atoms with Gasteiger partial charge in [0.25, 0.3) is 5.69 Å². The first kappa shape index (κ1) is 19.6. The zero-order valence-electron chi connectivity index (χ0n) is 12.8. The summed E-state index contributed by atoms with van der Waals surface area (Å²) in [6, 6.07) is 3.41. The average Bonchev–Trinajstić information content (AvgIpc) is 2.97.